The molecule has 1 aliphatic rings. The van der Waals surface area contributed by atoms with Crippen LogP contribution in [0, 0.1) is 22.0 Å². The van der Waals surface area contributed by atoms with Crippen molar-refractivity contribution in [3.8, 4) is 0 Å². The lowest BCUT2D eigenvalue weighted by Gasteiger charge is -2.25. The lowest BCUT2D eigenvalue weighted by molar-refractivity contribution is -0.385. The third-order valence-corrected chi connectivity index (χ3v) is 3.97. The Morgan fingerprint density at radius 1 is 1.47 bits per heavy atom. The molecule has 4 nitrogen and oxygen atoms in total. The first-order valence-electron chi connectivity index (χ1n) is 6.43. The fourth-order valence-corrected chi connectivity index (χ4v) is 2.88. The third-order valence-electron chi connectivity index (χ3n) is 3.73. The SMILES string of the molecule is CC1CCC(=O)C(Cc2cc(Cl)ccc2[N+](=O)[O-])C1. The molecule has 0 saturated heterocycles. The van der Waals surface area contributed by atoms with Crippen molar-refractivity contribution in [1.82, 2.24) is 0 Å². The van der Waals surface area contributed by atoms with Gasteiger partial charge in [0, 0.05) is 29.0 Å². The van der Waals surface area contributed by atoms with Crippen LogP contribution in [0.1, 0.15) is 31.7 Å². The van der Waals surface area contributed by atoms with E-state index < -0.39 is 4.92 Å². The Kier molecular flexibility index (Phi) is 4.20. The van der Waals surface area contributed by atoms with Gasteiger partial charge in [-0.15, -0.1) is 0 Å². The summed E-state index contributed by atoms with van der Waals surface area (Å²) in [6, 6.07) is 4.52. The van der Waals surface area contributed by atoms with Gasteiger partial charge in [-0.05, 0) is 37.3 Å². The fourth-order valence-electron chi connectivity index (χ4n) is 2.69. The van der Waals surface area contributed by atoms with Crippen LogP contribution < -0.4 is 0 Å². The van der Waals surface area contributed by atoms with E-state index in [2.05, 4.69) is 6.92 Å². The standard InChI is InChI=1S/C14H16ClNO3/c1-9-2-5-14(17)11(6-9)7-10-8-12(15)3-4-13(10)16(18)19/h3-4,8-9,11H,2,5-7H2,1H3. The molecule has 1 aliphatic carbocycles. The fraction of sp³-hybridized carbons (Fsp3) is 0.500. The van der Waals surface area contributed by atoms with E-state index >= 15 is 0 Å². The first-order valence-corrected chi connectivity index (χ1v) is 6.80. The van der Waals surface area contributed by atoms with Gasteiger partial charge in [-0.3, -0.25) is 14.9 Å². The molecule has 0 amide bonds. The molecule has 5 heteroatoms. The maximum Gasteiger partial charge on any atom is 0.272 e. The second-order valence-electron chi connectivity index (χ2n) is 5.28. The van der Waals surface area contributed by atoms with Crippen LogP contribution in [0.4, 0.5) is 5.69 Å². The highest BCUT2D eigenvalue weighted by Gasteiger charge is 2.28. The first kappa shape index (κ1) is 14.0. The zero-order valence-electron chi connectivity index (χ0n) is 10.8. The van der Waals surface area contributed by atoms with Gasteiger partial charge >= 0.3 is 0 Å². The third kappa shape index (κ3) is 3.32. The van der Waals surface area contributed by atoms with Crippen molar-refractivity contribution >= 4 is 23.1 Å². The van der Waals surface area contributed by atoms with Crippen molar-refractivity contribution < 1.29 is 9.72 Å². The van der Waals surface area contributed by atoms with Gasteiger partial charge in [0.05, 0.1) is 4.92 Å². The number of carbonyl (C=O) groups is 1. The minimum absolute atomic E-state index is 0.0513. The number of nitro benzene ring substituents is 1. The number of hydrogen-bond acceptors (Lipinski definition) is 3. The predicted molar refractivity (Wildman–Crippen MR) is 73.3 cm³/mol. The maximum absolute atomic E-state index is 11.9. The van der Waals surface area contributed by atoms with E-state index in [1.54, 1.807) is 6.07 Å². The number of nitrogens with zero attached hydrogens (tertiary/aromatic N) is 1. The van der Waals surface area contributed by atoms with Gasteiger partial charge in [0.15, 0.2) is 0 Å². The Morgan fingerprint density at radius 3 is 2.89 bits per heavy atom. The van der Waals surface area contributed by atoms with Crippen LogP contribution in [0.2, 0.25) is 5.02 Å². The van der Waals surface area contributed by atoms with Gasteiger partial charge in [0.25, 0.3) is 5.69 Å². The van der Waals surface area contributed by atoms with E-state index in [4.69, 9.17) is 11.6 Å². The molecule has 0 aromatic heterocycles. The lowest BCUT2D eigenvalue weighted by atomic mass is 9.78. The lowest BCUT2D eigenvalue weighted by Crippen LogP contribution is -2.25. The average molecular weight is 282 g/mol. The van der Waals surface area contributed by atoms with Crippen molar-refractivity contribution in [3.63, 3.8) is 0 Å². The molecule has 2 atom stereocenters. The quantitative estimate of drug-likeness (QED) is 0.625. The molecule has 1 aromatic carbocycles. The summed E-state index contributed by atoms with van der Waals surface area (Å²) in [5.74, 6) is 0.606. The molecule has 19 heavy (non-hydrogen) atoms. The molecule has 0 spiro atoms. The van der Waals surface area contributed by atoms with E-state index in [0.29, 0.717) is 29.3 Å². The van der Waals surface area contributed by atoms with Crippen LogP contribution in [0.25, 0.3) is 0 Å². The molecule has 102 valence electrons. The highest BCUT2D eigenvalue weighted by molar-refractivity contribution is 6.30. The Morgan fingerprint density at radius 2 is 2.21 bits per heavy atom. The van der Waals surface area contributed by atoms with Crippen LogP contribution in [0.3, 0.4) is 0 Å². The van der Waals surface area contributed by atoms with E-state index in [9.17, 15) is 14.9 Å². The topological polar surface area (TPSA) is 60.2 Å². The smallest absolute Gasteiger partial charge is 0.272 e. The van der Waals surface area contributed by atoms with E-state index in [1.807, 2.05) is 0 Å². The highest BCUT2D eigenvalue weighted by Crippen LogP contribution is 2.32. The predicted octanol–water partition coefficient (Wildman–Crippen LogP) is 3.80. The molecule has 0 N–H and O–H groups in total. The minimum Gasteiger partial charge on any atom is -0.299 e. The average Bonchev–Trinajstić information content (AvgIpc) is 2.33. The van der Waals surface area contributed by atoms with Gasteiger partial charge in [-0.2, -0.15) is 0 Å². The van der Waals surface area contributed by atoms with Gasteiger partial charge in [-0.25, -0.2) is 0 Å². The molecule has 1 aromatic rings. The molecular weight excluding hydrogens is 266 g/mol. The zero-order valence-corrected chi connectivity index (χ0v) is 11.5. The van der Waals surface area contributed by atoms with Crippen LogP contribution in [0.15, 0.2) is 18.2 Å². The van der Waals surface area contributed by atoms with Gasteiger partial charge < -0.3 is 0 Å². The van der Waals surface area contributed by atoms with Crippen molar-refractivity contribution in [2.45, 2.75) is 32.6 Å². The van der Waals surface area contributed by atoms with Crippen molar-refractivity contribution in [1.29, 1.82) is 0 Å². The second kappa shape index (κ2) is 5.70. The second-order valence-corrected chi connectivity index (χ2v) is 5.71. The van der Waals surface area contributed by atoms with Crippen LogP contribution in [-0.4, -0.2) is 10.7 Å². The molecule has 0 bridgehead atoms. The van der Waals surface area contributed by atoms with E-state index in [-0.39, 0.29) is 17.4 Å². The van der Waals surface area contributed by atoms with Gasteiger partial charge in [0.1, 0.15) is 5.78 Å². The number of hydrogen-bond donors (Lipinski definition) is 0. The first-order chi connectivity index (χ1) is 8.97. The number of carbonyl (C=O) groups excluding carboxylic acids is 1. The Labute approximate surface area is 116 Å². The number of Topliss-reactive ketones (excluding diaryl/α,β-unsaturated/α-hetero) is 1. The van der Waals surface area contributed by atoms with Gasteiger partial charge in [0.2, 0.25) is 0 Å². The Bertz CT molecular complexity index is 515. The summed E-state index contributed by atoms with van der Waals surface area (Å²) in [7, 11) is 0. The Hall–Kier alpha value is -1.42. The van der Waals surface area contributed by atoms with E-state index in [1.165, 1.54) is 12.1 Å². The van der Waals surface area contributed by atoms with Crippen LogP contribution in [-0.2, 0) is 11.2 Å². The largest absolute Gasteiger partial charge is 0.299 e. The van der Waals surface area contributed by atoms with Crippen LogP contribution >= 0.6 is 11.6 Å². The molecule has 0 radical (unpaired) electrons. The van der Waals surface area contributed by atoms with E-state index in [0.717, 1.165) is 12.8 Å². The summed E-state index contributed by atoms with van der Waals surface area (Å²) >= 11 is 5.90. The van der Waals surface area contributed by atoms with Crippen molar-refractivity contribution in [2.75, 3.05) is 0 Å². The summed E-state index contributed by atoms with van der Waals surface area (Å²) in [4.78, 5) is 22.5. The summed E-state index contributed by atoms with van der Waals surface area (Å²) in [5.41, 5.74) is 0.611. The normalized spacial score (nSPS) is 23.4. The van der Waals surface area contributed by atoms with Gasteiger partial charge in [-0.1, -0.05) is 18.5 Å². The summed E-state index contributed by atoms with van der Waals surface area (Å²) in [6.07, 6.45) is 2.73. The van der Waals surface area contributed by atoms with Crippen molar-refractivity contribution in [3.05, 3.63) is 38.9 Å². The molecule has 0 aliphatic heterocycles. The summed E-state index contributed by atoms with van der Waals surface area (Å²) < 4.78 is 0. The number of halogens is 1. The Balaban J connectivity index is 2.24. The zero-order chi connectivity index (χ0) is 14.0. The molecular formula is C14H16ClNO3. The molecule has 1 saturated carbocycles. The number of rotatable bonds is 3. The monoisotopic (exact) mass is 281 g/mol. The molecule has 1 fully saturated rings. The summed E-state index contributed by atoms with van der Waals surface area (Å²) in [5, 5.41) is 11.5. The summed E-state index contributed by atoms with van der Waals surface area (Å²) in [6.45, 7) is 2.12. The maximum atomic E-state index is 11.9. The van der Waals surface area contributed by atoms with Crippen LogP contribution in [0.5, 0.6) is 0 Å². The minimum atomic E-state index is -0.414. The van der Waals surface area contributed by atoms with Crippen molar-refractivity contribution in [2.24, 2.45) is 11.8 Å². The number of ketones is 1. The molecule has 0 heterocycles. The molecule has 2 rings (SSSR count). The molecule has 2 unspecified atom stereocenters. The number of nitro groups is 1. The highest BCUT2D eigenvalue weighted by atomic mass is 35.5. The number of benzene rings is 1.